The standard InChI is InChI=1S/C23H25N3O2/c1-16(2)28-21-11-8-19(9-12-21)25-22-13-10-20(15-24-22)26-23(27)14-18-7-5-4-6-17(18)3/h4-13,15-16H,14H2,1-3H3,(H,24,25)(H,26,27). The Kier molecular flexibility index (Phi) is 6.27. The zero-order valence-corrected chi connectivity index (χ0v) is 16.4. The predicted molar refractivity (Wildman–Crippen MR) is 113 cm³/mol. The first-order valence-corrected chi connectivity index (χ1v) is 9.34. The number of aromatic nitrogens is 1. The molecule has 5 heteroatoms. The minimum absolute atomic E-state index is 0.0578. The molecule has 0 aliphatic carbocycles. The first-order valence-electron chi connectivity index (χ1n) is 9.34. The molecule has 0 atom stereocenters. The van der Waals surface area contributed by atoms with Crippen LogP contribution in [-0.2, 0) is 11.2 Å². The summed E-state index contributed by atoms with van der Waals surface area (Å²) >= 11 is 0. The van der Waals surface area contributed by atoms with E-state index in [2.05, 4.69) is 15.6 Å². The average molecular weight is 375 g/mol. The van der Waals surface area contributed by atoms with E-state index in [0.29, 0.717) is 17.9 Å². The van der Waals surface area contributed by atoms with Crippen LogP contribution in [0.5, 0.6) is 5.75 Å². The smallest absolute Gasteiger partial charge is 0.228 e. The third-order valence-corrected chi connectivity index (χ3v) is 4.16. The van der Waals surface area contributed by atoms with Crippen LogP contribution in [0.4, 0.5) is 17.2 Å². The minimum atomic E-state index is -0.0578. The molecule has 3 rings (SSSR count). The fourth-order valence-corrected chi connectivity index (χ4v) is 2.77. The number of rotatable bonds is 7. The summed E-state index contributed by atoms with van der Waals surface area (Å²) in [5.74, 6) is 1.48. The van der Waals surface area contributed by atoms with E-state index < -0.39 is 0 Å². The van der Waals surface area contributed by atoms with Gasteiger partial charge in [-0.25, -0.2) is 4.98 Å². The highest BCUT2D eigenvalue weighted by atomic mass is 16.5. The topological polar surface area (TPSA) is 63.2 Å². The van der Waals surface area contributed by atoms with Crippen LogP contribution >= 0.6 is 0 Å². The number of hydrogen-bond donors (Lipinski definition) is 2. The highest BCUT2D eigenvalue weighted by Crippen LogP contribution is 2.20. The molecule has 0 saturated heterocycles. The highest BCUT2D eigenvalue weighted by molar-refractivity contribution is 5.92. The molecular formula is C23H25N3O2. The van der Waals surface area contributed by atoms with Crippen molar-refractivity contribution in [3.8, 4) is 5.75 Å². The third-order valence-electron chi connectivity index (χ3n) is 4.16. The lowest BCUT2D eigenvalue weighted by Gasteiger charge is -2.11. The van der Waals surface area contributed by atoms with Crippen molar-refractivity contribution in [2.45, 2.75) is 33.3 Å². The summed E-state index contributed by atoms with van der Waals surface area (Å²) in [6, 6.07) is 19.3. The second kappa shape index (κ2) is 9.04. The Bertz CT molecular complexity index is 919. The SMILES string of the molecule is Cc1ccccc1CC(=O)Nc1ccc(Nc2ccc(OC(C)C)cc2)nc1. The molecule has 1 aromatic heterocycles. The van der Waals surface area contributed by atoms with Crippen molar-refractivity contribution in [3.63, 3.8) is 0 Å². The number of carbonyl (C=O) groups excluding carboxylic acids is 1. The molecule has 0 bridgehead atoms. The summed E-state index contributed by atoms with van der Waals surface area (Å²) in [4.78, 5) is 16.6. The van der Waals surface area contributed by atoms with Crippen molar-refractivity contribution in [2.24, 2.45) is 0 Å². The van der Waals surface area contributed by atoms with Crippen molar-refractivity contribution in [3.05, 3.63) is 78.0 Å². The van der Waals surface area contributed by atoms with E-state index in [1.807, 2.05) is 81.4 Å². The number of hydrogen-bond acceptors (Lipinski definition) is 4. The first-order chi connectivity index (χ1) is 13.5. The Morgan fingerprint density at radius 2 is 1.71 bits per heavy atom. The molecule has 2 N–H and O–H groups in total. The lowest BCUT2D eigenvalue weighted by Crippen LogP contribution is -2.15. The molecule has 0 aliphatic rings. The molecule has 0 aliphatic heterocycles. The second-order valence-corrected chi connectivity index (χ2v) is 6.90. The van der Waals surface area contributed by atoms with Crippen LogP contribution in [0.2, 0.25) is 0 Å². The van der Waals surface area contributed by atoms with Gasteiger partial charge in [-0.1, -0.05) is 24.3 Å². The maximum absolute atomic E-state index is 12.3. The number of pyridine rings is 1. The van der Waals surface area contributed by atoms with E-state index in [1.54, 1.807) is 6.20 Å². The summed E-state index contributed by atoms with van der Waals surface area (Å²) in [6.07, 6.45) is 2.14. The Labute approximate surface area is 165 Å². The second-order valence-electron chi connectivity index (χ2n) is 6.90. The Hall–Kier alpha value is -3.34. The van der Waals surface area contributed by atoms with Crippen LogP contribution in [0.25, 0.3) is 0 Å². The van der Waals surface area contributed by atoms with Gasteiger partial charge in [-0.05, 0) is 68.3 Å². The van der Waals surface area contributed by atoms with Gasteiger partial charge < -0.3 is 15.4 Å². The van der Waals surface area contributed by atoms with E-state index in [9.17, 15) is 4.79 Å². The minimum Gasteiger partial charge on any atom is -0.491 e. The van der Waals surface area contributed by atoms with Crippen molar-refractivity contribution in [1.82, 2.24) is 4.98 Å². The van der Waals surface area contributed by atoms with Gasteiger partial charge in [0, 0.05) is 5.69 Å². The number of benzene rings is 2. The number of ether oxygens (including phenoxy) is 1. The van der Waals surface area contributed by atoms with Crippen molar-refractivity contribution >= 4 is 23.1 Å². The Morgan fingerprint density at radius 1 is 1.00 bits per heavy atom. The predicted octanol–water partition coefficient (Wildman–Crippen LogP) is 5.10. The molecule has 1 heterocycles. The maximum atomic E-state index is 12.3. The summed E-state index contributed by atoms with van der Waals surface area (Å²) in [5, 5.41) is 6.12. The molecule has 2 aromatic carbocycles. The third kappa shape index (κ3) is 5.58. The van der Waals surface area contributed by atoms with Gasteiger partial charge in [0.05, 0.1) is 24.4 Å². The molecular weight excluding hydrogens is 350 g/mol. The highest BCUT2D eigenvalue weighted by Gasteiger charge is 2.07. The summed E-state index contributed by atoms with van der Waals surface area (Å²) in [7, 11) is 0. The van der Waals surface area contributed by atoms with Crippen molar-refractivity contribution in [2.75, 3.05) is 10.6 Å². The van der Waals surface area contributed by atoms with Gasteiger partial charge in [0.2, 0.25) is 5.91 Å². The van der Waals surface area contributed by atoms with Gasteiger partial charge in [0.15, 0.2) is 0 Å². The van der Waals surface area contributed by atoms with Crippen LogP contribution in [0.3, 0.4) is 0 Å². The number of carbonyl (C=O) groups is 1. The molecule has 0 unspecified atom stereocenters. The lowest BCUT2D eigenvalue weighted by molar-refractivity contribution is -0.115. The first kappa shape index (κ1) is 19.4. The number of nitrogens with zero attached hydrogens (tertiary/aromatic N) is 1. The van der Waals surface area contributed by atoms with Gasteiger partial charge in [-0.2, -0.15) is 0 Å². The molecule has 1 amide bonds. The molecule has 144 valence electrons. The zero-order valence-electron chi connectivity index (χ0n) is 16.4. The fourth-order valence-electron chi connectivity index (χ4n) is 2.77. The Morgan fingerprint density at radius 3 is 2.36 bits per heavy atom. The molecule has 28 heavy (non-hydrogen) atoms. The quantitative estimate of drug-likeness (QED) is 0.603. The molecule has 0 spiro atoms. The van der Waals surface area contributed by atoms with Gasteiger partial charge >= 0.3 is 0 Å². The van der Waals surface area contributed by atoms with Gasteiger partial charge in [0.25, 0.3) is 0 Å². The number of aryl methyl sites for hydroxylation is 1. The van der Waals surface area contributed by atoms with Crippen molar-refractivity contribution in [1.29, 1.82) is 0 Å². The summed E-state index contributed by atoms with van der Waals surface area (Å²) in [6.45, 7) is 6.00. The number of nitrogens with one attached hydrogen (secondary N) is 2. The normalized spacial score (nSPS) is 10.6. The van der Waals surface area contributed by atoms with Crippen LogP contribution in [0.15, 0.2) is 66.9 Å². The largest absolute Gasteiger partial charge is 0.491 e. The number of anilines is 3. The van der Waals surface area contributed by atoms with E-state index in [-0.39, 0.29) is 12.0 Å². The van der Waals surface area contributed by atoms with E-state index >= 15 is 0 Å². The van der Waals surface area contributed by atoms with Crippen molar-refractivity contribution < 1.29 is 9.53 Å². The fraction of sp³-hybridized carbons (Fsp3) is 0.217. The maximum Gasteiger partial charge on any atom is 0.228 e. The summed E-state index contributed by atoms with van der Waals surface area (Å²) < 4.78 is 5.64. The van der Waals surface area contributed by atoms with Crippen LogP contribution in [0.1, 0.15) is 25.0 Å². The van der Waals surface area contributed by atoms with E-state index in [1.165, 1.54) is 0 Å². The summed E-state index contributed by atoms with van der Waals surface area (Å²) in [5.41, 5.74) is 3.72. The molecule has 5 nitrogen and oxygen atoms in total. The molecule has 0 fully saturated rings. The molecule has 0 radical (unpaired) electrons. The van der Waals surface area contributed by atoms with E-state index in [4.69, 9.17) is 4.74 Å². The molecule has 3 aromatic rings. The van der Waals surface area contributed by atoms with Gasteiger partial charge in [0.1, 0.15) is 11.6 Å². The molecule has 0 saturated carbocycles. The average Bonchev–Trinajstić information content (AvgIpc) is 2.66. The van der Waals surface area contributed by atoms with Crippen LogP contribution in [0, 0.1) is 6.92 Å². The monoisotopic (exact) mass is 375 g/mol. The number of amides is 1. The van der Waals surface area contributed by atoms with Gasteiger partial charge in [-0.3, -0.25) is 4.79 Å². The van der Waals surface area contributed by atoms with Gasteiger partial charge in [-0.15, -0.1) is 0 Å². The lowest BCUT2D eigenvalue weighted by atomic mass is 10.1. The Balaban J connectivity index is 1.56. The zero-order chi connectivity index (χ0) is 19.9. The van der Waals surface area contributed by atoms with Crippen LogP contribution in [-0.4, -0.2) is 17.0 Å². The van der Waals surface area contributed by atoms with Crippen LogP contribution < -0.4 is 15.4 Å². The van der Waals surface area contributed by atoms with E-state index in [0.717, 1.165) is 22.6 Å².